The van der Waals surface area contributed by atoms with Gasteiger partial charge in [0.1, 0.15) is 5.75 Å². The van der Waals surface area contributed by atoms with Gasteiger partial charge in [-0.25, -0.2) is 0 Å². The van der Waals surface area contributed by atoms with Crippen LogP contribution in [0.15, 0.2) is 35.6 Å². The van der Waals surface area contributed by atoms with E-state index in [-0.39, 0.29) is 6.04 Å². The average Bonchev–Trinajstić information content (AvgIpc) is 3.14. The summed E-state index contributed by atoms with van der Waals surface area (Å²) >= 11 is 0. The molecule has 0 fully saturated rings. The number of hydrogen-bond donors (Lipinski definition) is 2. The molecule has 0 saturated heterocycles. The van der Waals surface area contributed by atoms with Crippen molar-refractivity contribution in [1.82, 2.24) is 25.3 Å². The van der Waals surface area contributed by atoms with Crippen LogP contribution in [0.5, 0.6) is 5.75 Å². The van der Waals surface area contributed by atoms with E-state index in [0.29, 0.717) is 6.54 Å². The lowest BCUT2D eigenvalue weighted by molar-refractivity contribution is 0.297. The number of aromatic nitrogens is 2. The van der Waals surface area contributed by atoms with E-state index in [1.54, 1.807) is 7.05 Å². The Hall–Kier alpha value is -2.54. The van der Waals surface area contributed by atoms with Gasteiger partial charge in [0.25, 0.3) is 0 Å². The molecule has 2 rings (SSSR count). The molecule has 1 unspecified atom stereocenters. The zero-order valence-corrected chi connectivity index (χ0v) is 19.4. The molecule has 0 radical (unpaired) electrons. The Kier molecular flexibility index (Phi) is 9.67. The van der Waals surface area contributed by atoms with Gasteiger partial charge in [0, 0.05) is 44.5 Å². The summed E-state index contributed by atoms with van der Waals surface area (Å²) in [5, 5.41) is 11.2. The number of guanidine groups is 1. The van der Waals surface area contributed by atoms with Crippen LogP contribution in [-0.4, -0.2) is 54.9 Å². The number of likely N-dealkylation sites (N-methyl/N-ethyl adjacent to an activating group) is 1. The number of ether oxygens (including phenoxy) is 1. The first-order chi connectivity index (χ1) is 14.4. The molecule has 1 aromatic heterocycles. The lowest BCUT2D eigenvalue weighted by Crippen LogP contribution is -2.41. The van der Waals surface area contributed by atoms with Gasteiger partial charge >= 0.3 is 0 Å². The minimum atomic E-state index is 0.203. The van der Waals surface area contributed by atoms with Crippen LogP contribution in [-0.2, 0) is 13.6 Å². The summed E-state index contributed by atoms with van der Waals surface area (Å²) in [6.07, 6.45) is 7.44. The number of rotatable bonds is 11. The number of nitrogens with zero attached hydrogens (tertiary/aromatic N) is 4. The van der Waals surface area contributed by atoms with Crippen LogP contribution in [0.25, 0.3) is 0 Å². The summed E-state index contributed by atoms with van der Waals surface area (Å²) in [5.41, 5.74) is 3.51. The Labute approximate surface area is 181 Å². The van der Waals surface area contributed by atoms with Crippen LogP contribution in [0.2, 0.25) is 0 Å². The predicted octanol–water partition coefficient (Wildman–Crippen LogP) is 3.27. The van der Waals surface area contributed by atoms with Gasteiger partial charge in [-0.05, 0) is 39.1 Å². The van der Waals surface area contributed by atoms with Crippen molar-refractivity contribution in [3.8, 4) is 5.75 Å². The lowest BCUT2D eigenvalue weighted by atomic mass is 10.1. The van der Waals surface area contributed by atoms with Gasteiger partial charge in [0.15, 0.2) is 5.96 Å². The highest BCUT2D eigenvalue weighted by Crippen LogP contribution is 2.21. The third kappa shape index (κ3) is 7.37. The maximum absolute atomic E-state index is 6.06. The first-order valence-electron chi connectivity index (χ1n) is 10.8. The first kappa shape index (κ1) is 23.7. The van der Waals surface area contributed by atoms with E-state index in [4.69, 9.17) is 4.74 Å². The second-order valence-electron chi connectivity index (χ2n) is 7.90. The van der Waals surface area contributed by atoms with Gasteiger partial charge in [-0.15, -0.1) is 0 Å². The summed E-state index contributed by atoms with van der Waals surface area (Å²) in [6.45, 7) is 6.44. The van der Waals surface area contributed by atoms with Crippen LogP contribution < -0.4 is 15.4 Å². The SMILES string of the molecule is CCCCCOc1cc(C)ccc1CNC(=NC)NCC(c1cnn(C)c1)N(C)C. The molecule has 1 heterocycles. The molecule has 0 saturated carbocycles. The molecule has 1 atom stereocenters. The molecular weight excluding hydrogens is 376 g/mol. The quantitative estimate of drug-likeness (QED) is 0.336. The van der Waals surface area contributed by atoms with E-state index in [9.17, 15) is 0 Å². The van der Waals surface area contributed by atoms with Gasteiger partial charge < -0.3 is 20.3 Å². The number of hydrogen-bond acceptors (Lipinski definition) is 4. The smallest absolute Gasteiger partial charge is 0.191 e. The molecule has 0 bridgehead atoms. The maximum Gasteiger partial charge on any atom is 0.191 e. The van der Waals surface area contributed by atoms with Crippen LogP contribution in [0.1, 0.15) is 48.9 Å². The van der Waals surface area contributed by atoms with Gasteiger partial charge in [-0.2, -0.15) is 5.10 Å². The molecule has 0 aliphatic heterocycles. The van der Waals surface area contributed by atoms with Crippen molar-refractivity contribution < 1.29 is 4.74 Å². The predicted molar refractivity (Wildman–Crippen MR) is 124 cm³/mol. The third-order valence-corrected chi connectivity index (χ3v) is 5.09. The second-order valence-corrected chi connectivity index (χ2v) is 7.90. The zero-order valence-electron chi connectivity index (χ0n) is 19.4. The zero-order chi connectivity index (χ0) is 21.9. The minimum Gasteiger partial charge on any atom is -0.493 e. The monoisotopic (exact) mass is 414 g/mol. The Morgan fingerprint density at radius 1 is 1.27 bits per heavy atom. The Balaban J connectivity index is 1.95. The van der Waals surface area contributed by atoms with E-state index < -0.39 is 0 Å². The molecule has 166 valence electrons. The molecule has 30 heavy (non-hydrogen) atoms. The van der Waals surface area contributed by atoms with E-state index in [0.717, 1.165) is 36.8 Å². The fraction of sp³-hybridized carbons (Fsp3) is 0.565. The van der Waals surface area contributed by atoms with Gasteiger partial charge in [0.05, 0.1) is 18.8 Å². The number of unbranched alkanes of at least 4 members (excludes halogenated alkanes) is 2. The second kappa shape index (κ2) is 12.2. The van der Waals surface area contributed by atoms with Crippen LogP contribution in [0.3, 0.4) is 0 Å². The summed E-state index contributed by atoms with van der Waals surface area (Å²) in [4.78, 5) is 6.56. The number of aryl methyl sites for hydroxylation is 2. The Bertz CT molecular complexity index is 799. The fourth-order valence-electron chi connectivity index (χ4n) is 3.28. The van der Waals surface area contributed by atoms with Gasteiger partial charge in [0.2, 0.25) is 0 Å². The highest BCUT2D eigenvalue weighted by molar-refractivity contribution is 5.79. The molecule has 0 aliphatic rings. The van der Waals surface area contributed by atoms with Crippen molar-refractivity contribution in [2.45, 2.75) is 45.7 Å². The van der Waals surface area contributed by atoms with E-state index >= 15 is 0 Å². The summed E-state index contributed by atoms with van der Waals surface area (Å²) in [6, 6.07) is 6.57. The molecule has 0 spiro atoms. The van der Waals surface area contributed by atoms with Crippen LogP contribution in [0.4, 0.5) is 0 Å². The molecule has 2 aromatic rings. The molecule has 7 heteroatoms. The number of benzene rings is 1. The van der Waals surface area contributed by atoms with Crippen molar-refractivity contribution in [1.29, 1.82) is 0 Å². The molecule has 0 amide bonds. The molecule has 2 N–H and O–H groups in total. The van der Waals surface area contributed by atoms with E-state index in [1.807, 2.05) is 17.9 Å². The maximum atomic E-state index is 6.06. The number of nitrogens with one attached hydrogen (secondary N) is 2. The normalized spacial score (nSPS) is 12.8. The number of aliphatic imine (C=N–C) groups is 1. The Morgan fingerprint density at radius 2 is 2.07 bits per heavy atom. The lowest BCUT2D eigenvalue weighted by Gasteiger charge is -2.24. The topological polar surface area (TPSA) is 66.7 Å². The average molecular weight is 415 g/mol. The van der Waals surface area contributed by atoms with E-state index in [2.05, 4.69) is 78.0 Å². The summed E-state index contributed by atoms with van der Waals surface area (Å²) < 4.78 is 7.89. The van der Waals surface area contributed by atoms with E-state index in [1.165, 1.54) is 24.0 Å². The molecule has 0 aliphatic carbocycles. The standard InChI is InChI=1S/C23H38N6O/c1-7-8-9-12-30-22-13-18(2)10-11-19(22)14-25-23(24-3)26-16-21(28(4)5)20-15-27-29(6)17-20/h10-11,13,15,17,21H,7-9,12,14,16H2,1-6H3,(H2,24,25,26). The molecule has 1 aromatic carbocycles. The highest BCUT2D eigenvalue weighted by atomic mass is 16.5. The van der Waals surface area contributed by atoms with Crippen molar-refractivity contribution in [3.05, 3.63) is 47.3 Å². The van der Waals surface area contributed by atoms with Crippen molar-refractivity contribution in [3.63, 3.8) is 0 Å². The molecular formula is C23H38N6O. The van der Waals surface area contributed by atoms with Crippen LogP contribution in [0, 0.1) is 6.92 Å². The van der Waals surface area contributed by atoms with Gasteiger partial charge in [-0.1, -0.05) is 31.9 Å². The molecule has 7 nitrogen and oxygen atoms in total. The summed E-state index contributed by atoms with van der Waals surface area (Å²) in [5.74, 6) is 1.72. The fourth-order valence-corrected chi connectivity index (χ4v) is 3.28. The highest BCUT2D eigenvalue weighted by Gasteiger charge is 2.16. The third-order valence-electron chi connectivity index (χ3n) is 5.09. The minimum absolute atomic E-state index is 0.203. The Morgan fingerprint density at radius 3 is 2.70 bits per heavy atom. The van der Waals surface area contributed by atoms with Crippen molar-refractivity contribution in [2.24, 2.45) is 12.0 Å². The first-order valence-corrected chi connectivity index (χ1v) is 10.8. The van der Waals surface area contributed by atoms with Crippen molar-refractivity contribution in [2.75, 3.05) is 34.3 Å². The van der Waals surface area contributed by atoms with Gasteiger partial charge in [-0.3, -0.25) is 9.67 Å². The largest absolute Gasteiger partial charge is 0.493 e. The van der Waals surface area contributed by atoms with Crippen molar-refractivity contribution >= 4 is 5.96 Å². The van der Waals surface area contributed by atoms with Crippen LogP contribution >= 0.6 is 0 Å². The summed E-state index contributed by atoms with van der Waals surface area (Å²) in [7, 11) is 7.88.